The maximum absolute atomic E-state index is 5.76. The van der Waals surface area contributed by atoms with E-state index in [-0.39, 0.29) is 6.04 Å². The summed E-state index contributed by atoms with van der Waals surface area (Å²) in [7, 11) is 0. The Morgan fingerprint density at radius 2 is 1.85 bits per heavy atom. The largest absolute Gasteiger partial charge is 0.324 e. The van der Waals surface area contributed by atoms with Crippen molar-refractivity contribution in [1.29, 1.82) is 0 Å². The van der Waals surface area contributed by atoms with Crippen LogP contribution in [0.2, 0.25) is 0 Å². The molecule has 66 valence electrons. The van der Waals surface area contributed by atoms with Crippen LogP contribution in [0.3, 0.4) is 0 Å². The Balaban J connectivity index is 2.62. The van der Waals surface area contributed by atoms with Gasteiger partial charge in [0.25, 0.3) is 0 Å². The smallest absolute Gasteiger partial charge is 0.0890 e. The molecule has 0 bridgehead atoms. The molecule has 0 aliphatic heterocycles. The first kappa shape index (κ1) is 8.13. The van der Waals surface area contributed by atoms with Gasteiger partial charge in [-0.1, -0.05) is 6.07 Å². The van der Waals surface area contributed by atoms with Gasteiger partial charge in [0.15, 0.2) is 0 Å². The van der Waals surface area contributed by atoms with E-state index >= 15 is 0 Å². The monoisotopic (exact) mass is 173 g/mol. The normalized spacial score (nSPS) is 13.1. The maximum Gasteiger partial charge on any atom is 0.0890 e. The Kier molecular flexibility index (Phi) is 1.94. The van der Waals surface area contributed by atoms with Gasteiger partial charge < -0.3 is 5.73 Å². The number of nitrogens with two attached hydrogens (primary N) is 1. The third kappa shape index (κ3) is 1.51. The first-order chi connectivity index (χ1) is 6.27. The molecule has 0 aliphatic rings. The number of benzene rings is 1. The molecule has 3 heteroatoms. The van der Waals surface area contributed by atoms with Crippen LogP contribution >= 0.6 is 0 Å². The van der Waals surface area contributed by atoms with Gasteiger partial charge in [0, 0.05) is 18.4 Å². The SMILES string of the molecule is C[C@H](N)c1ccc2nccnc2c1. The Morgan fingerprint density at radius 3 is 2.54 bits per heavy atom. The predicted octanol–water partition coefficient (Wildman–Crippen LogP) is 1.65. The van der Waals surface area contributed by atoms with Crippen molar-refractivity contribution in [3.63, 3.8) is 0 Å². The highest BCUT2D eigenvalue weighted by Gasteiger charge is 2.00. The van der Waals surface area contributed by atoms with Gasteiger partial charge in [-0.2, -0.15) is 0 Å². The zero-order valence-electron chi connectivity index (χ0n) is 7.44. The second-order valence-electron chi connectivity index (χ2n) is 3.09. The van der Waals surface area contributed by atoms with Crippen molar-refractivity contribution in [2.24, 2.45) is 5.73 Å². The quantitative estimate of drug-likeness (QED) is 0.713. The summed E-state index contributed by atoms with van der Waals surface area (Å²) in [6.07, 6.45) is 3.38. The summed E-state index contributed by atoms with van der Waals surface area (Å²) in [4.78, 5) is 8.38. The molecule has 0 aliphatic carbocycles. The number of fused-ring (bicyclic) bond motifs is 1. The number of nitrogens with zero attached hydrogens (tertiary/aromatic N) is 2. The molecule has 0 saturated heterocycles. The molecular formula is C10H11N3. The average molecular weight is 173 g/mol. The minimum atomic E-state index is 0.0476. The second-order valence-corrected chi connectivity index (χ2v) is 3.09. The zero-order chi connectivity index (χ0) is 9.26. The molecule has 0 spiro atoms. The van der Waals surface area contributed by atoms with Crippen molar-refractivity contribution < 1.29 is 0 Å². The molecule has 1 aromatic carbocycles. The lowest BCUT2D eigenvalue weighted by Gasteiger charge is -2.05. The molecule has 1 atom stereocenters. The van der Waals surface area contributed by atoms with Gasteiger partial charge in [-0.05, 0) is 24.6 Å². The lowest BCUT2D eigenvalue weighted by Crippen LogP contribution is -2.04. The molecule has 3 nitrogen and oxygen atoms in total. The summed E-state index contributed by atoms with van der Waals surface area (Å²) in [6, 6.07) is 5.96. The molecule has 2 N–H and O–H groups in total. The molecule has 1 aromatic heterocycles. The predicted molar refractivity (Wildman–Crippen MR) is 52.1 cm³/mol. The van der Waals surface area contributed by atoms with Crippen molar-refractivity contribution in [1.82, 2.24) is 9.97 Å². The first-order valence-corrected chi connectivity index (χ1v) is 4.23. The number of rotatable bonds is 1. The Morgan fingerprint density at radius 1 is 1.15 bits per heavy atom. The maximum atomic E-state index is 5.76. The molecule has 2 rings (SSSR count). The van der Waals surface area contributed by atoms with Crippen molar-refractivity contribution in [3.8, 4) is 0 Å². The van der Waals surface area contributed by atoms with Crippen LogP contribution in [0.25, 0.3) is 11.0 Å². The van der Waals surface area contributed by atoms with Crippen LogP contribution in [0, 0.1) is 0 Å². The molecule has 0 radical (unpaired) electrons. The van der Waals surface area contributed by atoms with Gasteiger partial charge in [-0.25, -0.2) is 0 Å². The summed E-state index contributed by atoms with van der Waals surface area (Å²) in [5.74, 6) is 0. The molecule has 0 amide bonds. The summed E-state index contributed by atoms with van der Waals surface area (Å²) in [5.41, 5.74) is 8.66. The number of hydrogen-bond donors (Lipinski definition) is 1. The number of aromatic nitrogens is 2. The second kappa shape index (κ2) is 3.11. The fourth-order valence-electron chi connectivity index (χ4n) is 1.26. The molecular weight excluding hydrogens is 162 g/mol. The van der Waals surface area contributed by atoms with E-state index in [1.807, 2.05) is 25.1 Å². The van der Waals surface area contributed by atoms with Crippen LogP contribution in [0.5, 0.6) is 0 Å². The fourth-order valence-corrected chi connectivity index (χ4v) is 1.26. The van der Waals surface area contributed by atoms with Gasteiger partial charge in [-0.15, -0.1) is 0 Å². The van der Waals surface area contributed by atoms with Crippen molar-refractivity contribution >= 4 is 11.0 Å². The highest BCUT2D eigenvalue weighted by Crippen LogP contribution is 2.15. The molecule has 0 fully saturated rings. The Hall–Kier alpha value is -1.48. The van der Waals surface area contributed by atoms with Crippen molar-refractivity contribution in [2.45, 2.75) is 13.0 Å². The van der Waals surface area contributed by atoms with Gasteiger partial charge in [0.2, 0.25) is 0 Å². The minimum Gasteiger partial charge on any atom is -0.324 e. The highest BCUT2D eigenvalue weighted by molar-refractivity contribution is 5.74. The van der Waals surface area contributed by atoms with Crippen LogP contribution in [0.15, 0.2) is 30.6 Å². The minimum absolute atomic E-state index is 0.0476. The molecule has 0 unspecified atom stereocenters. The van der Waals surface area contributed by atoms with Gasteiger partial charge >= 0.3 is 0 Å². The van der Waals surface area contributed by atoms with E-state index in [2.05, 4.69) is 9.97 Å². The van der Waals surface area contributed by atoms with Crippen LogP contribution < -0.4 is 5.73 Å². The van der Waals surface area contributed by atoms with Crippen LogP contribution in [-0.4, -0.2) is 9.97 Å². The van der Waals surface area contributed by atoms with E-state index < -0.39 is 0 Å². The zero-order valence-corrected chi connectivity index (χ0v) is 7.44. The summed E-state index contributed by atoms with van der Waals surface area (Å²) in [5, 5.41) is 0. The fraction of sp³-hybridized carbons (Fsp3) is 0.200. The summed E-state index contributed by atoms with van der Waals surface area (Å²) < 4.78 is 0. The van der Waals surface area contributed by atoms with E-state index in [0.717, 1.165) is 16.6 Å². The van der Waals surface area contributed by atoms with Gasteiger partial charge in [0.05, 0.1) is 11.0 Å². The third-order valence-corrected chi connectivity index (χ3v) is 2.02. The summed E-state index contributed by atoms with van der Waals surface area (Å²) >= 11 is 0. The third-order valence-electron chi connectivity index (χ3n) is 2.02. The molecule has 13 heavy (non-hydrogen) atoms. The van der Waals surface area contributed by atoms with Crippen LogP contribution in [0.4, 0.5) is 0 Å². The molecule has 0 saturated carbocycles. The standard InChI is InChI=1S/C10H11N3/c1-7(11)8-2-3-9-10(6-8)13-5-4-12-9/h2-7H,11H2,1H3/t7-/m0/s1. The van der Waals surface area contributed by atoms with E-state index in [0.29, 0.717) is 0 Å². The van der Waals surface area contributed by atoms with Gasteiger partial charge in [-0.3, -0.25) is 9.97 Å². The van der Waals surface area contributed by atoms with Crippen molar-refractivity contribution in [2.75, 3.05) is 0 Å². The highest BCUT2D eigenvalue weighted by atomic mass is 14.8. The number of hydrogen-bond acceptors (Lipinski definition) is 3. The topological polar surface area (TPSA) is 51.8 Å². The van der Waals surface area contributed by atoms with Crippen LogP contribution in [-0.2, 0) is 0 Å². The van der Waals surface area contributed by atoms with E-state index in [1.54, 1.807) is 12.4 Å². The molecule has 2 aromatic rings. The molecule has 1 heterocycles. The Bertz CT molecular complexity index is 423. The van der Waals surface area contributed by atoms with Crippen LogP contribution in [0.1, 0.15) is 18.5 Å². The average Bonchev–Trinajstić information content (AvgIpc) is 2.17. The van der Waals surface area contributed by atoms with E-state index in [9.17, 15) is 0 Å². The lowest BCUT2D eigenvalue weighted by molar-refractivity contribution is 0.819. The summed E-state index contributed by atoms with van der Waals surface area (Å²) in [6.45, 7) is 1.96. The lowest BCUT2D eigenvalue weighted by atomic mass is 10.1. The van der Waals surface area contributed by atoms with E-state index in [1.165, 1.54) is 0 Å². The van der Waals surface area contributed by atoms with Gasteiger partial charge in [0.1, 0.15) is 0 Å². The first-order valence-electron chi connectivity index (χ1n) is 4.23. The van der Waals surface area contributed by atoms with Crippen molar-refractivity contribution in [3.05, 3.63) is 36.2 Å². The Labute approximate surface area is 76.6 Å². The van der Waals surface area contributed by atoms with E-state index in [4.69, 9.17) is 5.73 Å².